The highest BCUT2D eigenvalue weighted by Gasteiger charge is 2.17. The van der Waals surface area contributed by atoms with Crippen LogP contribution in [-0.2, 0) is 17.1 Å². The van der Waals surface area contributed by atoms with E-state index in [0.717, 1.165) is 6.42 Å². The number of hydrogen-bond donors (Lipinski definition) is 2. The SMILES string of the molecule is Cc1nc(S(=O)(=O)NCCCCCO)cn1C. The average molecular weight is 261 g/mol. The maximum Gasteiger partial charge on any atom is 0.259 e. The number of aliphatic hydroxyl groups is 1. The van der Waals surface area contributed by atoms with Crippen LogP contribution in [-0.4, -0.2) is 36.2 Å². The number of rotatable bonds is 7. The van der Waals surface area contributed by atoms with E-state index in [1.54, 1.807) is 18.5 Å². The predicted molar refractivity (Wildman–Crippen MR) is 64.1 cm³/mol. The first-order chi connectivity index (χ1) is 7.97. The van der Waals surface area contributed by atoms with Crippen LogP contribution < -0.4 is 4.72 Å². The van der Waals surface area contributed by atoms with Crippen LogP contribution in [0.25, 0.3) is 0 Å². The molecule has 0 fully saturated rings. The summed E-state index contributed by atoms with van der Waals surface area (Å²) in [5, 5.41) is 8.64. The second-order valence-electron chi connectivity index (χ2n) is 3.92. The first-order valence-electron chi connectivity index (χ1n) is 5.58. The molecule has 0 aliphatic heterocycles. The van der Waals surface area contributed by atoms with E-state index in [0.29, 0.717) is 25.2 Å². The van der Waals surface area contributed by atoms with Gasteiger partial charge in [0.05, 0.1) is 0 Å². The summed E-state index contributed by atoms with van der Waals surface area (Å²) in [6.45, 7) is 2.27. The number of imidazole rings is 1. The van der Waals surface area contributed by atoms with E-state index in [2.05, 4.69) is 9.71 Å². The van der Waals surface area contributed by atoms with Crippen LogP contribution in [0.15, 0.2) is 11.2 Å². The maximum atomic E-state index is 11.8. The molecule has 17 heavy (non-hydrogen) atoms. The fourth-order valence-electron chi connectivity index (χ4n) is 1.35. The second-order valence-corrected chi connectivity index (χ2v) is 5.63. The van der Waals surface area contributed by atoms with Crippen molar-refractivity contribution in [3.63, 3.8) is 0 Å². The van der Waals surface area contributed by atoms with Gasteiger partial charge in [0.25, 0.3) is 10.0 Å². The Morgan fingerprint density at radius 2 is 2.12 bits per heavy atom. The molecule has 1 rings (SSSR count). The van der Waals surface area contributed by atoms with Gasteiger partial charge in [0.15, 0.2) is 5.03 Å². The van der Waals surface area contributed by atoms with E-state index in [-0.39, 0.29) is 11.6 Å². The molecular formula is C10H19N3O3S. The van der Waals surface area contributed by atoms with Crippen LogP contribution in [0, 0.1) is 6.92 Å². The van der Waals surface area contributed by atoms with Gasteiger partial charge in [0.1, 0.15) is 5.82 Å². The average Bonchev–Trinajstić information content (AvgIpc) is 2.60. The molecule has 0 radical (unpaired) electrons. The molecule has 1 aromatic heterocycles. The maximum absolute atomic E-state index is 11.8. The molecule has 0 saturated carbocycles. The van der Waals surface area contributed by atoms with Crippen LogP contribution in [0.2, 0.25) is 0 Å². The number of aliphatic hydroxyl groups excluding tert-OH is 1. The number of unbranched alkanes of at least 4 members (excludes halogenated alkanes) is 2. The Hall–Kier alpha value is -0.920. The van der Waals surface area contributed by atoms with Gasteiger partial charge in [0, 0.05) is 26.4 Å². The van der Waals surface area contributed by atoms with E-state index in [9.17, 15) is 8.42 Å². The first kappa shape index (κ1) is 14.1. The highest BCUT2D eigenvalue weighted by molar-refractivity contribution is 7.89. The molecule has 0 bridgehead atoms. The van der Waals surface area contributed by atoms with Crippen molar-refractivity contribution in [3.8, 4) is 0 Å². The van der Waals surface area contributed by atoms with Gasteiger partial charge in [-0.2, -0.15) is 0 Å². The molecule has 0 aromatic carbocycles. The van der Waals surface area contributed by atoms with Crippen molar-refractivity contribution in [1.29, 1.82) is 0 Å². The lowest BCUT2D eigenvalue weighted by atomic mass is 10.2. The van der Waals surface area contributed by atoms with E-state index in [4.69, 9.17) is 5.11 Å². The van der Waals surface area contributed by atoms with Gasteiger partial charge >= 0.3 is 0 Å². The van der Waals surface area contributed by atoms with Crippen molar-refractivity contribution >= 4 is 10.0 Å². The summed E-state index contributed by atoms with van der Waals surface area (Å²) >= 11 is 0. The fraction of sp³-hybridized carbons (Fsp3) is 0.700. The molecule has 0 atom stereocenters. The molecule has 6 nitrogen and oxygen atoms in total. The van der Waals surface area contributed by atoms with Gasteiger partial charge in [-0.1, -0.05) is 0 Å². The van der Waals surface area contributed by atoms with Crippen molar-refractivity contribution in [3.05, 3.63) is 12.0 Å². The lowest BCUT2D eigenvalue weighted by Crippen LogP contribution is -2.25. The monoisotopic (exact) mass is 261 g/mol. The smallest absolute Gasteiger partial charge is 0.259 e. The van der Waals surface area contributed by atoms with Crippen molar-refractivity contribution in [2.75, 3.05) is 13.2 Å². The third kappa shape index (κ3) is 4.10. The number of hydrogen-bond acceptors (Lipinski definition) is 4. The quantitative estimate of drug-likeness (QED) is 0.685. The Labute approximate surface area is 102 Å². The van der Waals surface area contributed by atoms with Crippen molar-refractivity contribution in [2.24, 2.45) is 7.05 Å². The van der Waals surface area contributed by atoms with Gasteiger partial charge in [-0.05, 0) is 26.2 Å². The van der Waals surface area contributed by atoms with Crippen molar-refractivity contribution in [1.82, 2.24) is 14.3 Å². The number of sulfonamides is 1. The Morgan fingerprint density at radius 1 is 1.41 bits per heavy atom. The molecule has 2 N–H and O–H groups in total. The Bertz CT molecular complexity index is 434. The molecule has 0 amide bonds. The van der Waals surface area contributed by atoms with Crippen LogP contribution in [0.5, 0.6) is 0 Å². The van der Waals surface area contributed by atoms with Gasteiger partial charge in [0.2, 0.25) is 0 Å². The fourth-order valence-corrected chi connectivity index (χ4v) is 2.46. The van der Waals surface area contributed by atoms with E-state index >= 15 is 0 Å². The molecule has 0 aliphatic carbocycles. The molecule has 7 heteroatoms. The van der Waals surface area contributed by atoms with Crippen LogP contribution in [0.4, 0.5) is 0 Å². The minimum Gasteiger partial charge on any atom is -0.396 e. The zero-order valence-electron chi connectivity index (χ0n) is 10.2. The standard InChI is InChI=1S/C10H19N3O3S/c1-9-12-10(8-13(9)2)17(15,16)11-6-4-3-5-7-14/h8,11,14H,3-7H2,1-2H3. The number of aromatic nitrogens is 2. The molecule has 0 saturated heterocycles. The number of nitrogens with zero attached hydrogens (tertiary/aromatic N) is 2. The molecule has 0 spiro atoms. The Balaban J connectivity index is 2.51. The van der Waals surface area contributed by atoms with Gasteiger partial charge in [-0.25, -0.2) is 18.1 Å². The molecule has 1 heterocycles. The van der Waals surface area contributed by atoms with E-state index in [1.165, 1.54) is 6.20 Å². The summed E-state index contributed by atoms with van der Waals surface area (Å²) < 4.78 is 27.7. The summed E-state index contributed by atoms with van der Waals surface area (Å²) in [5.41, 5.74) is 0. The molecule has 0 aliphatic rings. The van der Waals surface area contributed by atoms with Crippen LogP contribution in [0.1, 0.15) is 25.1 Å². The van der Waals surface area contributed by atoms with E-state index in [1.807, 2.05) is 0 Å². The normalized spacial score (nSPS) is 11.9. The topological polar surface area (TPSA) is 84.2 Å². The molecule has 98 valence electrons. The predicted octanol–water partition coefficient (Wildman–Crippen LogP) is 0.169. The number of nitrogens with one attached hydrogen (secondary N) is 1. The van der Waals surface area contributed by atoms with Gasteiger partial charge in [-0.3, -0.25) is 0 Å². The van der Waals surface area contributed by atoms with Crippen LogP contribution in [0.3, 0.4) is 0 Å². The third-order valence-corrected chi connectivity index (χ3v) is 3.82. The molecule has 0 unspecified atom stereocenters. The summed E-state index contributed by atoms with van der Waals surface area (Å²) in [7, 11) is -1.74. The lowest BCUT2D eigenvalue weighted by Gasteiger charge is -2.03. The summed E-state index contributed by atoms with van der Waals surface area (Å²) in [6, 6.07) is 0. The molecule has 1 aromatic rings. The number of aryl methyl sites for hydroxylation is 2. The third-order valence-electron chi connectivity index (χ3n) is 2.49. The Kier molecular flexibility index (Phi) is 5.10. The summed E-state index contributed by atoms with van der Waals surface area (Å²) in [5.74, 6) is 0.658. The summed E-state index contributed by atoms with van der Waals surface area (Å²) in [6.07, 6.45) is 3.71. The highest BCUT2D eigenvalue weighted by atomic mass is 32.2. The van der Waals surface area contributed by atoms with Gasteiger partial charge in [-0.15, -0.1) is 0 Å². The lowest BCUT2D eigenvalue weighted by molar-refractivity contribution is 0.283. The zero-order chi connectivity index (χ0) is 12.9. The largest absolute Gasteiger partial charge is 0.396 e. The minimum atomic E-state index is -3.49. The van der Waals surface area contributed by atoms with Crippen molar-refractivity contribution < 1.29 is 13.5 Å². The second kappa shape index (κ2) is 6.13. The van der Waals surface area contributed by atoms with Crippen LogP contribution >= 0.6 is 0 Å². The van der Waals surface area contributed by atoms with Gasteiger partial charge < -0.3 is 9.67 Å². The Morgan fingerprint density at radius 3 is 2.65 bits per heavy atom. The first-order valence-corrected chi connectivity index (χ1v) is 7.06. The summed E-state index contributed by atoms with van der Waals surface area (Å²) in [4.78, 5) is 3.97. The minimum absolute atomic E-state index is 0.0552. The highest BCUT2D eigenvalue weighted by Crippen LogP contribution is 2.07. The zero-order valence-corrected chi connectivity index (χ0v) is 11.0. The van der Waals surface area contributed by atoms with E-state index < -0.39 is 10.0 Å². The molecular weight excluding hydrogens is 242 g/mol. The van der Waals surface area contributed by atoms with Crippen molar-refractivity contribution in [2.45, 2.75) is 31.2 Å².